The Hall–Kier alpha value is -3.67. The number of hydrogen-bond acceptors (Lipinski definition) is 4. The van der Waals surface area contributed by atoms with Crippen molar-refractivity contribution in [3.63, 3.8) is 0 Å². The van der Waals surface area contributed by atoms with Crippen molar-refractivity contribution in [3.05, 3.63) is 111 Å². The van der Waals surface area contributed by atoms with Crippen LogP contribution in [0.25, 0.3) is 0 Å². The van der Waals surface area contributed by atoms with Gasteiger partial charge in [0, 0.05) is 17.9 Å². The Morgan fingerprint density at radius 2 is 1.58 bits per heavy atom. The molecule has 1 amide bonds. The molecule has 3 aromatic rings. The number of aromatic hydroxyl groups is 1. The van der Waals surface area contributed by atoms with Crippen LogP contribution in [-0.2, 0) is 11.3 Å². The topological polar surface area (TPSA) is 83.7 Å². The van der Waals surface area contributed by atoms with Gasteiger partial charge >= 0.3 is 0 Å². The van der Waals surface area contributed by atoms with E-state index in [-0.39, 0.29) is 29.5 Å². The van der Waals surface area contributed by atoms with Crippen LogP contribution >= 0.6 is 0 Å². The molecule has 3 aromatic carbocycles. The summed E-state index contributed by atoms with van der Waals surface area (Å²) in [6, 6.07) is 21.7. The first-order chi connectivity index (χ1) is 14.9. The van der Waals surface area contributed by atoms with Crippen molar-refractivity contribution in [2.45, 2.75) is 37.9 Å². The summed E-state index contributed by atoms with van der Waals surface area (Å²) in [6.45, 7) is 2.25. The van der Waals surface area contributed by atoms with Gasteiger partial charge in [-0.05, 0) is 35.7 Å². The number of carbonyl (C=O) groups excluding carboxylic acids is 1. The van der Waals surface area contributed by atoms with Gasteiger partial charge in [-0.25, -0.2) is 0 Å². The lowest BCUT2D eigenvalue weighted by Gasteiger charge is -2.41. The molecule has 158 valence electrons. The number of piperidine rings is 1. The predicted molar refractivity (Wildman–Crippen MR) is 117 cm³/mol. The minimum Gasteiger partial charge on any atom is -0.508 e. The van der Waals surface area contributed by atoms with Gasteiger partial charge in [0.25, 0.3) is 0 Å². The van der Waals surface area contributed by atoms with E-state index in [1.54, 1.807) is 17.0 Å². The van der Waals surface area contributed by atoms with Crippen LogP contribution in [-0.4, -0.2) is 26.9 Å². The van der Waals surface area contributed by atoms with Gasteiger partial charge in [0.15, 0.2) is 0 Å². The van der Waals surface area contributed by atoms with Crippen molar-refractivity contribution in [2.75, 3.05) is 0 Å². The molecule has 1 N–H and O–H groups in total. The highest BCUT2D eigenvalue weighted by Crippen LogP contribution is 2.43. The second-order valence-electron chi connectivity index (χ2n) is 8.04. The zero-order valence-electron chi connectivity index (χ0n) is 17.2. The molecule has 1 aliphatic heterocycles. The molecule has 3 atom stereocenters. The molecule has 4 rings (SSSR count). The minimum atomic E-state index is -1.01. The molecule has 6 heteroatoms. The van der Waals surface area contributed by atoms with Crippen LogP contribution in [0.5, 0.6) is 5.75 Å². The molecule has 0 unspecified atom stereocenters. The van der Waals surface area contributed by atoms with E-state index in [9.17, 15) is 20.0 Å². The summed E-state index contributed by atoms with van der Waals surface area (Å²) in [6.07, 6.45) is 0.0795. The number of aryl methyl sites for hydroxylation is 1. The standard InChI is InChI=1S/C25H24N2O4/c1-17-7-9-19(10-8-17)22-15-23(29)26(16-18-5-3-2-4-6-18)24(25(22)27(30)31)20-11-13-21(28)14-12-20/h2-14,22,24-25,28H,15-16H2,1H3/t22-,24+,25-/m0/s1. The van der Waals surface area contributed by atoms with Gasteiger partial charge in [-0.2, -0.15) is 0 Å². The van der Waals surface area contributed by atoms with Crippen LogP contribution in [0.3, 0.4) is 0 Å². The van der Waals surface area contributed by atoms with Crippen molar-refractivity contribution in [3.8, 4) is 5.75 Å². The highest BCUT2D eigenvalue weighted by Gasteiger charge is 2.50. The summed E-state index contributed by atoms with van der Waals surface area (Å²) in [5, 5.41) is 22.1. The first-order valence-electron chi connectivity index (χ1n) is 10.3. The third-order valence-electron chi connectivity index (χ3n) is 5.97. The number of nitro groups is 1. The fraction of sp³-hybridized carbons (Fsp3) is 0.240. The van der Waals surface area contributed by atoms with Crippen molar-refractivity contribution in [1.82, 2.24) is 4.90 Å². The van der Waals surface area contributed by atoms with E-state index in [4.69, 9.17) is 0 Å². The first-order valence-corrected chi connectivity index (χ1v) is 10.3. The monoisotopic (exact) mass is 416 g/mol. The van der Waals surface area contributed by atoms with Gasteiger partial charge in [0.1, 0.15) is 11.8 Å². The number of hydrogen-bond donors (Lipinski definition) is 1. The fourth-order valence-corrected chi connectivity index (χ4v) is 4.39. The maximum Gasteiger partial charge on any atom is 0.244 e. The lowest BCUT2D eigenvalue weighted by Crippen LogP contribution is -2.51. The molecule has 0 bridgehead atoms. The first kappa shape index (κ1) is 20.6. The Bertz CT molecular complexity index is 1060. The molecule has 0 radical (unpaired) electrons. The summed E-state index contributed by atoms with van der Waals surface area (Å²) in [5.74, 6) is -0.576. The molecule has 1 saturated heterocycles. The molecule has 31 heavy (non-hydrogen) atoms. The smallest absolute Gasteiger partial charge is 0.244 e. The second-order valence-corrected chi connectivity index (χ2v) is 8.04. The molecule has 0 spiro atoms. The maximum atomic E-state index is 13.3. The quantitative estimate of drug-likeness (QED) is 0.487. The molecular formula is C25H24N2O4. The number of phenolic OH excluding ortho intramolecular Hbond substituents is 1. The molecule has 0 aliphatic carbocycles. The fourth-order valence-electron chi connectivity index (χ4n) is 4.39. The summed E-state index contributed by atoms with van der Waals surface area (Å²) in [7, 11) is 0. The Kier molecular flexibility index (Phi) is 5.71. The summed E-state index contributed by atoms with van der Waals surface area (Å²) < 4.78 is 0. The minimum absolute atomic E-state index is 0.0771. The Morgan fingerprint density at radius 3 is 2.19 bits per heavy atom. The lowest BCUT2D eigenvalue weighted by molar-refractivity contribution is -0.537. The normalized spacial score (nSPS) is 21.1. The van der Waals surface area contributed by atoms with Gasteiger partial charge in [0.2, 0.25) is 11.9 Å². The largest absolute Gasteiger partial charge is 0.508 e. The van der Waals surface area contributed by atoms with Crippen molar-refractivity contribution >= 4 is 5.91 Å². The SMILES string of the molecule is Cc1ccc([C@@H]2CC(=O)N(Cc3ccccc3)[C@H](c3ccc(O)cc3)[C@H]2[N+](=O)[O-])cc1. The van der Waals surface area contributed by atoms with Crippen molar-refractivity contribution in [1.29, 1.82) is 0 Å². The third-order valence-corrected chi connectivity index (χ3v) is 5.97. The number of carbonyl (C=O) groups is 1. The zero-order valence-corrected chi connectivity index (χ0v) is 17.2. The van der Waals surface area contributed by atoms with Crippen molar-refractivity contribution in [2.24, 2.45) is 0 Å². The number of likely N-dealkylation sites (tertiary alicyclic amines) is 1. The number of nitrogens with zero attached hydrogens (tertiary/aromatic N) is 2. The third kappa shape index (κ3) is 4.28. The predicted octanol–water partition coefficient (Wildman–Crippen LogP) is 4.60. The summed E-state index contributed by atoms with van der Waals surface area (Å²) >= 11 is 0. The van der Waals surface area contributed by atoms with Gasteiger partial charge in [-0.15, -0.1) is 0 Å². The lowest BCUT2D eigenvalue weighted by atomic mass is 9.78. The molecular weight excluding hydrogens is 392 g/mol. The van der Waals surface area contributed by atoms with Crippen LogP contribution < -0.4 is 0 Å². The van der Waals surface area contributed by atoms with Gasteiger partial charge < -0.3 is 10.0 Å². The van der Waals surface area contributed by atoms with Crippen molar-refractivity contribution < 1.29 is 14.8 Å². The number of benzene rings is 3. The van der Waals surface area contributed by atoms with Crippen LogP contribution in [0.2, 0.25) is 0 Å². The van der Waals surface area contributed by atoms with Gasteiger partial charge in [0.05, 0.1) is 5.92 Å². The van der Waals surface area contributed by atoms with E-state index in [1.165, 1.54) is 12.1 Å². The Balaban J connectivity index is 1.80. The number of phenols is 1. The van der Waals surface area contributed by atoms with E-state index < -0.39 is 18.0 Å². The average molecular weight is 416 g/mol. The number of amides is 1. The summed E-state index contributed by atoms with van der Waals surface area (Å²) in [5.41, 5.74) is 3.41. The van der Waals surface area contributed by atoms with Crippen LogP contribution in [0.15, 0.2) is 78.9 Å². The molecule has 1 fully saturated rings. The van der Waals surface area contributed by atoms with E-state index >= 15 is 0 Å². The van der Waals surface area contributed by atoms with Gasteiger partial charge in [-0.3, -0.25) is 14.9 Å². The molecule has 1 heterocycles. The highest BCUT2D eigenvalue weighted by atomic mass is 16.6. The molecule has 1 aliphatic rings. The van der Waals surface area contributed by atoms with E-state index in [0.717, 1.165) is 16.7 Å². The Labute approximate surface area is 180 Å². The van der Waals surface area contributed by atoms with E-state index in [1.807, 2.05) is 61.5 Å². The van der Waals surface area contributed by atoms with Crippen LogP contribution in [0, 0.1) is 17.0 Å². The molecule has 6 nitrogen and oxygen atoms in total. The zero-order chi connectivity index (χ0) is 22.0. The average Bonchev–Trinajstić information content (AvgIpc) is 2.76. The summed E-state index contributed by atoms with van der Waals surface area (Å²) in [4.78, 5) is 27.1. The van der Waals surface area contributed by atoms with Crippen LogP contribution in [0.1, 0.15) is 40.6 Å². The Morgan fingerprint density at radius 1 is 0.968 bits per heavy atom. The molecule has 0 saturated carbocycles. The number of rotatable bonds is 5. The highest BCUT2D eigenvalue weighted by molar-refractivity contribution is 5.79. The van der Waals surface area contributed by atoms with E-state index in [0.29, 0.717) is 5.56 Å². The van der Waals surface area contributed by atoms with Crippen LogP contribution in [0.4, 0.5) is 0 Å². The maximum absolute atomic E-state index is 13.3. The second kappa shape index (κ2) is 8.60. The molecule has 0 aromatic heterocycles. The van der Waals surface area contributed by atoms with E-state index in [2.05, 4.69) is 0 Å². The van der Waals surface area contributed by atoms with Gasteiger partial charge in [-0.1, -0.05) is 72.3 Å².